The van der Waals surface area contributed by atoms with Crippen LogP contribution in [0.25, 0.3) is 0 Å². The molecule has 0 saturated carbocycles. The lowest BCUT2D eigenvalue weighted by atomic mass is 10.1. The minimum absolute atomic E-state index is 0.303. The zero-order valence-corrected chi connectivity index (χ0v) is 15.9. The van der Waals surface area contributed by atoms with E-state index in [1.54, 1.807) is 31.3 Å². The van der Waals surface area contributed by atoms with Crippen LogP contribution in [0.3, 0.4) is 0 Å². The molecule has 0 aliphatic heterocycles. The first-order chi connectivity index (χ1) is 12.5. The minimum Gasteiger partial charge on any atom is -0.447 e. The average Bonchev–Trinajstić information content (AvgIpc) is 2.67. The van der Waals surface area contributed by atoms with Crippen molar-refractivity contribution < 1.29 is 14.3 Å². The molecule has 0 saturated heterocycles. The number of carbonyl (C=O) groups excluding carboxylic acids is 2. The van der Waals surface area contributed by atoms with Crippen LogP contribution in [0, 0.1) is 0 Å². The van der Waals surface area contributed by atoms with Gasteiger partial charge in [-0.25, -0.2) is 0 Å². The number of anilines is 1. The van der Waals surface area contributed by atoms with E-state index in [-0.39, 0.29) is 11.9 Å². The van der Waals surface area contributed by atoms with E-state index in [1.807, 2.05) is 30.3 Å². The van der Waals surface area contributed by atoms with Gasteiger partial charge in [-0.15, -0.1) is 0 Å². The van der Waals surface area contributed by atoms with Crippen LogP contribution in [0.2, 0.25) is 5.02 Å². The summed E-state index contributed by atoms with van der Waals surface area (Å²) in [5.41, 5.74) is 1.34. The maximum absolute atomic E-state index is 13.0. The van der Waals surface area contributed by atoms with Gasteiger partial charge in [0.1, 0.15) is 0 Å². The highest BCUT2D eigenvalue weighted by Crippen LogP contribution is 2.25. The number of hydrogen-bond acceptors (Lipinski definition) is 3. The zero-order chi connectivity index (χ0) is 18.9. The van der Waals surface area contributed by atoms with Gasteiger partial charge in [-0.1, -0.05) is 61.7 Å². The van der Waals surface area contributed by atoms with E-state index in [1.165, 1.54) is 4.90 Å². The largest absolute Gasteiger partial charge is 0.447 e. The SMILES string of the molecule is CCCCCC(=O)O[C@H](C(=O)N(C)c1ccccc1)c1ccc(Cl)cc1. The number of amides is 1. The maximum atomic E-state index is 13.0. The number of carbonyl (C=O) groups is 2. The standard InChI is InChI=1S/C21H24ClNO3/c1-3-4-6-11-19(24)26-20(16-12-14-17(22)15-13-16)21(25)23(2)18-9-7-5-8-10-18/h5,7-10,12-15,20H,3-4,6,11H2,1-2H3/t20-/m0/s1. The number of halogens is 1. The lowest BCUT2D eigenvalue weighted by molar-refractivity contribution is -0.155. The predicted molar refractivity (Wildman–Crippen MR) is 104 cm³/mol. The molecule has 0 unspecified atom stereocenters. The summed E-state index contributed by atoms with van der Waals surface area (Å²) >= 11 is 5.94. The topological polar surface area (TPSA) is 46.6 Å². The first-order valence-electron chi connectivity index (χ1n) is 8.80. The summed E-state index contributed by atoms with van der Waals surface area (Å²) in [6.45, 7) is 2.07. The van der Waals surface area contributed by atoms with Gasteiger partial charge in [0, 0.05) is 29.7 Å². The van der Waals surface area contributed by atoms with Gasteiger partial charge in [-0.05, 0) is 30.7 Å². The van der Waals surface area contributed by atoms with E-state index in [2.05, 4.69) is 6.92 Å². The second kappa shape index (κ2) is 9.97. The fraction of sp³-hybridized carbons (Fsp3) is 0.333. The number of ether oxygens (including phenoxy) is 1. The fourth-order valence-corrected chi connectivity index (χ4v) is 2.69. The second-order valence-corrected chi connectivity index (χ2v) is 6.55. The number of hydrogen-bond donors (Lipinski definition) is 0. The Morgan fingerprint density at radius 3 is 2.31 bits per heavy atom. The molecule has 0 aromatic heterocycles. The molecule has 26 heavy (non-hydrogen) atoms. The van der Waals surface area contributed by atoms with Gasteiger partial charge < -0.3 is 9.64 Å². The lowest BCUT2D eigenvalue weighted by Gasteiger charge is -2.24. The van der Waals surface area contributed by atoms with Gasteiger partial charge in [0.2, 0.25) is 6.10 Å². The highest BCUT2D eigenvalue weighted by atomic mass is 35.5. The van der Waals surface area contributed by atoms with Crippen LogP contribution in [0.15, 0.2) is 54.6 Å². The highest BCUT2D eigenvalue weighted by Gasteiger charge is 2.28. The van der Waals surface area contributed by atoms with Crippen molar-refractivity contribution >= 4 is 29.2 Å². The van der Waals surface area contributed by atoms with E-state index in [9.17, 15) is 9.59 Å². The van der Waals surface area contributed by atoms with Crippen molar-refractivity contribution in [2.45, 2.75) is 38.7 Å². The molecule has 5 heteroatoms. The first-order valence-corrected chi connectivity index (χ1v) is 9.18. The summed E-state index contributed by atoms with van der Waals surface area (Å²) in [7, 11) is 1.67. The van der Waals surface area contributed by atoms with Crippen molar-refractivity contribution in [3.63, 3.8) is 0 Å². The van der Waals surface area contributed by atoms with E-state index in [4.69, 9.17) is 16.3 Å². The molecule has 1 amide bonds. The Morgan fingerprint density at radius 2 is 1.69 bits per heavy atom. The normalized spacial score (nSPS) is 11.7. The highest BCUT2D eigenvalue weighted by molar-refractivity contribution is 6.30. The molecule has 0 fully saturated rings. The molecular formula is C21H24ClNO3. The fourth-order valence-electron chi connectivity index (χ4n) is 2.56. The van der Waals surface area contributed by atoms with E-state index in [0.717, 1.165) is 24.9 Å². The summed E-state index contributed by atoms with van der Waals surface area (Å²) in [5.74, 6) is -0.671. The van der Waals surface area contributed by atoms with Crippen LogP contribution < -0.4 is 4.90 Å². The molecule has 0 heterocycles. The Morgan fingerprint density at radius 1 is 1.04 bits per heavy atom. The number of unbranched alkanes of at least 4 members (excludes halogenated alkanes) is 2. The number of likely N-dealkylation sites (N-methyl/N-ethyl adjacent to an activating group) is 1. The van der Waals surface area contributed by atoms with Gasteiger partial charge in [0.05, 0.1) is 0 Å². The van der Waals surface area contributed by atoms with Crippen LogP contribution in [-0.2, 0) is 14.3 Å². The van der Waals surface area contributed by atoms with Crippen molar-refractivity contribution in [1.82, 2.24) is 0 Å². The molecule has 0 radical (unpaired) electrons. The molecule has 2 rings (SSSR count). The van der Waals surface area contributed by atoms with Gasteiger partial charge in [0.25, 0.3) is 5.91 Å². The number of esters is 1. The minimum atomic E-state index is -0.994. The summed E-state index contributed by atoms with van der Waals surface area (Å²) in [4.78, 5) is 26.7. The first kappa shape index (κ1) is 20.0. The van der Waals surface area contributed by atoms with E-state index in [0.29, 0.717) is 17.0 Å². The molecular weight excluding hydrogens is 350 g/mol. The van der Waals surface area contributed by atoms with Crippen LogP contribution in [-0.4, -0.2) is 18.9 Å². The number of para-hydroxylation sites is 1. The number of rotatable bonds is 8. The van der Waals surface area contributed by atoms with Gasteiger partial charge in [0.15, 0.2) is 0 Å². The van der Waals surface area contributed by atoms with Crippen molar-refractivity contribution in [1.29, 1.82) is 0 Å². The third-order valence-electron chi connectivity index (χ3n) is 4.10. The van der Waals surface area contributed by atoms with E-state index >= 15 is 0 Å². The lowest BCUT2D eigenvalue weighted by Crippen LogP contribution is -2.34. The maximum Gasteiger partial charge on any atom is 0.306 e. The average molecular weight is 374 g/mol. The van der Waals surface area contributed by atoms with Crippen LogP contribution in [0.4, 0.5) is 5.69 Å². The Balaban J connectivity index is 2.20. The van der Waals surface area contributed by atoms with Gasteiger partial charge in [-0.3, -0.25) is 9.59 Å². The monoisotopic (exact) mass is 373 g/mol. The van der Waals surface area contributed by atoms with Crippen LogP contribution in [0.5, 0.6) is 0 Å². The number of nitrogens with zero attached hydrogens (tertiary/aromatic N) is 1. The van der Waals surface area contributed by atoms with Crippen molar-refractivity contribution in [2.24, 2.45) is 0 Å². The molecule has 2 aromatic carbocycles. The Hall–Kier alpha value is -2.33. The van der Waals surface area contributed by atoms with Crippen molar-refractivity contribution in [2.75, 3.05) is 11.9 Å². The third kappa shape index (κ3) is 5.60. The quantitative estimate of drug-likeness (QED) is 0.473. The zero-order valence-electron chi connectivity index (χ0n) is 15.2. The number of benzene rings is 2. The van der Waals surface area contributed by atoms with Crippen LogP contribution in [0.1, 0.15) is 44.3 Å². The van der Waals surface area contributed by atoms with Crippen molar-refractivity contribution in [3.05, 3.63) is 65.2 Å². The second-order valence-electron chi connectivity index (χ2n) is 6.11. The van der Waals surface area contributed by atoms with Crippen LogP contribution >= 0.6 is 11.6 Å². The molecule has 2 aromatic rings. The van der Waals surface area contributed by atoms with E-state index < -0.39 is 6.10 Å². The molecule has 1 atom stereocenters. The summed E-state index contributed by atoms with van der Waals surface area (Å²) in [6.07, 6.45) is 2.04. The third-order valence-corrected chi connectivity index (χ3v) is 4.36. The Bertz CT molecular complexity index is 716. The molecule has 0 N–H and O–H groups in total. The molecule has 0 spiro atoms. The summed E-state index contributed by atoms with van der Waals surface area (Å²) in [5, 5.41) is 0.561. The predicted octanol–water partition coefficient (Wildman–Crippen LogP) is 5.17. The van der Waals surface area contributed by atoms with Crippen molar-refractivity contribution in [3.8, 4) is 0 Å². The smallest absolute Gasteiger partial charge is 0.306 e. The molecule has 0 aliphatic carbocycles. The molecule has 0 bridgehead atoms. The summed E-state index contributed by atoms with van der Waals surface area (Å²) in [6, 6.07) is 16.0. The van der Waals surface area contributed by atoms with Gasteiger partial charge in [-0.2, -0.15) is 0 Å². The summed E-state index contributed by atoms with van der Waals surface area (Å²) < 4.78 is 5.55. The molecule has 0 aliphatic rings. The van der Waals surface area contributed by atoms with Gasteiger partial charge >= 0.3 is 5.97 Å². The Kier molecular flexibility index (Phi) is 7.67. The molecule has 138 valence electrons. The molecule has 4 nitrogen and oxygen atoms in total. The Labute approximate surface area is 159 Å².